The molecule has 2 unspecified atom stereocenters. The van der Waals surface area contributed by atoms with Gasteiger partial charge in [-0.25, -0.2) is 0 Å². The van der Waals surface area contributed by atoms with E-state index >= 15 is 0 Å². The summed E-state index contributed by atoms with van der Waals surface area (Å²) in [6.07, 6.45) is 2.80. The van der Waals surface area contributed by atoms with Crippen LogP contribution in [0.5, 0.6) is 0 Å². The van der Waals surface area contributed by atoms with Crippen molar-refractivity contribution in [2.45, 2.75) is 39.7 Å². The lowest BCUT2D eigenvalue weighted by atomic mass is 10.00. The fourth-order valence-electron chi connectivity index (χ4n) is 3.73. The second-order valence-corrected chi connectivity index (χ2v) is 6.35. The predicted octanol–water partition coefficient (Wildman–Crippen LogP) is 2.50. The van der Waals surface area contributed by atoms with Gasteiger partial charge in [-0.15, -0.1) is 0 Å². The topological polar surface area (TPSA) is 63.4 Å². The Morgan fingerprint density at radius 1 is 1.19 bits per heavy atom. The molecule has 1 aromatic rings. The summed E-state index contributed by atoms with van der Waals surface area (Å²) in [5.74, 6) is 0.405. The fourth-order valence-corrected chi connectivity index (χ4v) is 3.73. The lowest BCUT2D eigenvalue weighted by molar-refractivity contribution is -0.141. The predicted molar refractivity (Wildman–Crippen MR) is 81.1 cm³/mol. The molecule has 112 valence electrons. The number of amides is 2. The van der Waals surface area contributed by atoms with Crippen molar-refractivity contribution in [1.82, 2.24) is 4.90 Å². The first-order valence-corrected chi connectivity index (χ1v) is 7.72. The molecule has 1 saturated heterocycles. The Kier molecular flexibility index (Phi) is 3.47. The van der Waals surface area contributed by atoms with Crippen LogP contribution in [0.4, 0.5) is 5.69 Å². The first kappa shape index (κ1) is 14.1. The molecule has 3 rings (SSSR count). The SMILES string of the molecule is CCC1CC2C(=O)N(Cc3cccc(N)c3C)C(=O)C2C1. The maximum atomic E-state index is 12.5. The number of likely N-dealkylation sites (tertiary alicyclic amines) is 1. The molecule has 2 fully saturated rings. The van der Waals surface area contributed by atoms with Crippen molar-refractivity contribution in [1.29, 1.82) is 0 Å². The van der Waals surface area contributed by atoms with Gasteiger partial charge < -0.3 is 5.73 Å². The summed E-state index contributed by atoms with van der Waals surface area (Å²) in [4.78, 5) is 26.5. The second-order valence-electron chi connectivity index (χ2n) is 6.35. The number of carbonyl (C=O) groups is 2. The number of nitrogens with zero attached hydrogens (tertiary/aromatic N) is 1. The number of imide groups is 1. The minimum atomic E-state index is -0.0798. The third-order valence-corrected chi connectivity index (χ3v) is 5.22. The van der Waals surface area contributed by atoms with Gasteiger partial charge in [0.1, 0.15) is 0 Å². The molecule has 0 bridgehead atoms. The van der Waals surface area contributed by atoms with Crippen LogP contribution in [0.25, 0.3) is 0 Å². The number of anilines is 1. The minimum Gasteiger partial charge on any atom is -0.399 e. The van der Waals surface area contributed by atoms with Crippen molar-refractivity contribution in [2.75, 3.05) is 5.73 Å². The third kappa shape index (κ3) is 2.23. The van der Waals surface area contributed by atoms with E-state index in [1.54, 1.807) is 0 Å². The van der Waals surface area contributed by atoms with Crippen LogP contribution in [-0.4, -0.2) is 16.7 Å². The largest absolute Gasteiger partial charge is 0.399 e. The van der Waals surface area contributed by atoms with Crippen LogP contribution in [0.15, 0.2) is 18.2 Å². The van der Waals surface area contributed by atoms with Gasteiger partial charge in [0.25, 0.3) is 0 Å². The Balaban J connectivity index is 1.81. The standard InChI is InChI=1S/C17H22N2O2/c1-3-11-7-13-14(8-11)17(21)19(16(13)20)9-12-5-4-6-15(18)10(12)2/h4-6,11,13-14H,3,7-9,18H2,1-2H3. The van der Waals surface area contributed by atoms with Crippen molar-refractivity contribution in [3.8, 4) is 0 Å². The zero-order valence-corrected chi connectivity index (χ0v) is 12.6. The van der Waals surface area contributed by atoms with Crippen LogP contribution in [0.3, 0.4) is 0 Å². The third-order valence-electron chi connectivity index (χ3n) is 5.22. The lowest BCUT2D eigenvalue weighted by Crippen LogP contribution is -2.32. The first-order chi connectivity index (χ1) is 10.0. The Hall–Kier alpha value is -1.84. The molecule has 0 aromatic heterocycles. The maximum absolute atomic E-state index is 12.5. The molecule has 1 aliphatic heterocycles. The lowest BCUT2D eigenvalue weighted by Gasteiger charge is -2.19. The molecule has 1 saturated carbocycles. The summed E-state index contributed by atoms with van der Waals surface area (Å²) in [5.41, 5.74) is 8.53. The molecule has 1 heterocycles. The Morgan fingerprint density at radius 2 is 1.81 bits per heavy atom. The van der Waals surface area contributed by atoms with Crippen LogP contribution in [0, 0.1) is 24.7 Å². The molecule has 2 amide bonds. The van der Waals surface area contributed by atoms with Gasteiger partial charge in [0.05, 0.1) is 18.4 Å². The number of hydrogen-bond acceptors (Lipinski definition) is 3. The van der Waals surface area contributed by atoms with E-state index < -0.39 is 0 Å². The highest BCUT2D eigenvalue weighted by Crippen LogP contribution is 2.44. The van der Waals surface area contributed by atoms with Gasteiger partial charge in [-0.3, -0.25) is 14.5 Å². The van der Waals surface area contributed by atoms with Gasteiger partial charge in [0.15, 0.2) is 0 Å². The van der Waals surface area contributed by atoms with Crippen molar-refractivity contribution < 1.29 is 9.59 Å². The highest BCUT2D eigenvalue weighted by Gasteiger charge is 2.52. The van der Waals surface area contributed by atoms with Gasteiger partial charge >= 0.3 is 0 Å². The fraction of sp³-hybridized carbons (Fsp3) is 0.529. The second kappa shape index (κ2) is 5.17. The number of benzene rings is 1. The molecule has 0 spiro atoms. The Labute approximate surface area is 125 Å². The smallest absolute Gasteiger partial charge is 0.233 e. The van der Waals surface area contributed by atoms with Gasteiger partial charge in [-0.2, -0.15) is 0 Å². The molecule has 1 aromatic carbocycles. The molecule has 1 aliphatic carbocycles. The van der Waals surface area contributed by atoms with E-state index in [0.717, 1.165) is 30.4 Å². The average Bonchev–Trinajstić information content (AvgIpc) is 2.99. The molecule has 2 atom stereocenters. The molecule has 4 heteroatoms. The van der Waals surface area contributed by atoms with Crippen LogP contribution >= 0.6 is 0 Å². The maximum Gasteiger partial charge on any atom is 0.233 e. The van der Waals surface area contributed by atoms with E-state index in [0.29, 0.717) is 18.2 Å². The minimum absolute atomic E-state index is 0.0165. The van der Waals surface area contributed by atoms with Crippen LogP contribution in [-0.2, 0) is 16.1 Å². The van der Waals surface area contributed by atoms with Gasteiger partial charge in [0.2, 0.25) is 11.8 Å². The number of rotatable bonds is 3. The number of nitrogens with two attached hydrogens (primary N) is 1. The molecule has 2 aliphatic rings. The van der Waals surface area contributed by atoms with Crippen molar-refractivity contribution in [3.05, 3.63) is 29.3 Å². The Morgan fingerprint density at radius 3 is 2.38 bits per heavy atom. The average molecular weight is 286 g/mol. The monoisotopic (exact) mass is 286 g/mol. The van der Waals surface area contributed by atoms with Crippen molar-refractivity contribution >= 4 is 17.5 Å². The molecular weight excluding hydrogens is 264 g/mol. The highest BCUT2D eigenvalue weighted by molar-refractivity contribution is 6.05. The molecular formula is C17H22N2O2. The summed E-state index contributed by atoms with van der Waals surface area (Å²) in [6, 6.07) is 5.65. The quantitative estimate of drug-likeness (QED) is 0.686. The summed E-state index contributed by atoms with van der Waals surface area (Å²) in [7, 11) is 0. The summed E-state index contributed by atoms with van der Waals surface area (Å²) in [5, 5.41) is 0. The number of carbonyl (C=O) groups excluding carboxylic acids is 2. The highest BCUT2D eigenvalue weighted by atomic mass is 16.2. The van der Waals surface area contributed by atoms with Crippen LogP contribution < -0.4 is 5.73 Å². The van der Waals surface area contributed by atoms with E-state index in [1.807, 2.05) is 25.1 Å². The molecule has 4 nitrogen and oxygen atoms in total. The zero-order valence-electron chi connectivity index (χ0n) is 12.6. The van der Waals surface area contributed by atoms with Crippen molar-refractivity contribution in [3.63, 3.8) is 0 Å². The van der Waals surface area contributed by atoms with E-state index in [2.05, 4.69) is 6.92 Å². The molecule has 2 N–H and O–H groups in total. The molecule has 21 heavy (non-hydrogen) atoms. The molecule has 0 radical (unpaired) electrons. The van der Waals surface area contributed by atoms with E-state index in [4.69, 9.17) is 5.73 Å². The van der Waals surface area contributed by atoms with Crippen LogP contribution in [0.1, 0.15) is 37.3 Å². The van der Waals surface area contributed by atoms with Gasteiger partial charge in [0, 0.05) is 5.69 Å². The van der Waals surface area contributed by atoms with E-state index in [-0.39, 0.29) is 23.7 Å². The first-order valence-electron chi connectivity index (χ1n) is 7.72. The summed E-state index contributed by atoms with van der Waals surface area (Å²) < 4.78 is 0. The number of hydrogen-bond donors (Lipinski definition) is 1. The number of fused-ring (bicyclic) bond motifs is 1. The van der Waals surface area contributed by atoms with Gasteiger partial charge in [-0.1, -0.05) is 25.5 Å². The summed E-state index contributed by atoms with van der Waals surface area (Å²) >= 11 is 0. The zero-order chi connectivity index (χ0) is 15.1. The number of nitrogen functional groups attached to an aromatic ring is 1. The van der Waals surface area contributed by atoms with Crippen LogP contribution in [0.2, 0.25) is 0 Å². The van der Waals surface area contributed by atoms with E-state index in [9.17, 15) is 9.59 Å². The van der Waals surface area contributed by atoms with E-state index in [1.165, 1.54) is 4.90 Å². The van der Waals surface area contributed by atoms with Crippen molar-refractivity contribution in [2.24, 2.45) is 17.8 Å². The normalized spacial score (nSPS) is 28.3. The van der Waals surface area contributed by atoms with Gasteiger partial charge in [-0.05, 0) is 42.9 Å². The summed E-state index contributed by atoms with van der Waals surface area (Å²) in [6.45, 7) is 4.43. The Bertz CT molecular complexity index is 572.